The zero-order valence-electron chi connectivity index (χ0n) is 11.3. The summed E-state index contributed by atoms with van der Waals surface area (Å²) in [4.78, 5) is 21.3. The summed E-state index contributed by atoms with van der Waals surface area (Å²) in [6, 6.07) is -0.638. The van der Waals surface area contributed by atoms with Gasteiger partial charge in [-0.15, -0.1) is 11.3 Å². The van der Waals surface area contributed by atoms with Crippen molar-refractivity contribution in [3.05, 3.63) is 28.1 Å². The molecule has 2 aromatic rings. The maximum Gasteiger partial charge on any atom is 0.355 e. The number of hydrogen-bond donors (Lipinski definition) is 3. The van der Waals surface area contributed by atoms with Crippen LogP contribution in [-0.2, 0) is 16.4 Å². The second-order valence-corrected chi connectivity index (χ2v) is 6.84. The van der Waals surface area contributed by atoms with Gasteiger partial charge in [-0.25, -0.2) is 27.9 Å². The van der Waals surface area contributed by atoms with Gasteiger partial charge in [-0.05, 0) is 6.92 Å². The van der Waals surface area contributed by atoms with E-state index in [0.717, 1.165) is 11.3 Å². The number of carbonyl (C=O) groups is 1. The van der Waals surface area contributed by atoms with Crippen LogP contribution in [0.25, 0.3) is 0 Å². The lowest BCUT2D eigenvalue weighted by Gasteiger charge is -2.10. The molecular weight excluding hydrogens is 316 g/mol. The molecule has 1 unspecified atom stereocenters. The van der Waals surface area contributed by atoms with Gasteiger partial charge in [0.05, 0.1) is 12.2 Å². The Balaban J connectivity index is 2.17. The van der Waals surface area contributed by atoms with Crippen LogP contribution < -0.4 is 4.72 Å². The highest BCUT2D eigenvalue weighted by Crippen LogP contribution is 2.20. The van der Waals surface area contributed by atoms with Crippen molar-refractivity contribution in [3.8, 4) is 0 Å². The number of aromatic amines is 1. The lowest BCUT2D eigenvalue weighted by atomic mass is 10.4. The van der Waals surface area contributed by atoms with E-state index in [9.17, 15) is 13.2 Å². The fraction of sp³-hybridized carbons (Fsp3) is 0.364. The summed E-state index contributed by atoms with van der Waals surface area (Å²) < 4.78 is 26.8. The number of nitrogens with zero attached hydrogens (tertiary/aromatic N) is 2. The van der Waals surface area contributed by atoms with Crippen LogP contribution in [0.4, 0.5) is 0 Å². The molecule has 3 N–H and O–H groups in total. The second kappa shape index (κ2) is 5.92. The van der Waals surface area contributed by atoms with E-state index in [4.69, 9.17) is 5.11 Å². The third-order valence-electron chi connectivity index (χ3n) is 2.67. The number of sulfonamides is 1. The molecule has 0 bridgehead atoms. The van der Waals surface area contributed by atoms with Gasteiger partial charge in [0.25, 0.3) is 10.0 Å². The zero-order chi connectivity index (χ0) is 15.6. The Hall–Kier alpha value is -1.78. The van der Waals surface area contributed by atoms with E-state index < -0.39 is 22.0 Å². The molecule has 0 aliphatic carbocycles. The molecule has 0 radical (unpaired) electrons. The summed E-state index contributed by atoms with van der Waals surface area (Å²) >= 11 is 1.09. The molecule has 0 fully saturated rings. The van der Waals surface area contributed by atoms with Crippen LogP contribution >= 0.6 is 11.3 Å². The summed E-state index contributed by atoms with van der Waals surface area (Å²) in [6.07, 6.45) is 1.85. The quantitative estimate of drug-likeness (QED) is 0.730. The smallest absolute Gasteiger partial charge is 0.355 e. The van der Waals surface area contributed by atoms with E-state index in [2.05, 4.69) is 19.7 Å². The number of hydrogen-bond acceptors (Lipinski definition) is 6. The average molecular weight is 330 g/mol. The average Bonchev–Trinajstić information content (AvgIpc) is 3.07. The Morgan fingerprint density at radius 2 is 2.29 bits per heavy atom. The normalized spacial score (nSPS) is 13.2. The van der Waals surface area contributed by atoms with Crippen LogP contribution in [0.3, 0.4) is 0 Å². The molecule has 0 aliphatic heterocycles. The lowest BCUT2D eigenvalue weighted by Crippen LogP contribution is -2.27. The SMILES string of the molecule is CCc1ncc(S(=O)(=O)NC(C)c2nc(C(=O)O)cs2)[nH]1. The summed E-state index contributed by atoms with van der Waals surface area (Å²) in [5.41, 5.74) is -0.101. The molecule has 0 amide bonds. The summed E-state index contributed by atoms with van der Waals surface area (Å²) in [5.74, 6) is -0.570. The van der Waals surface area contributed by atoms with Crippen LogP contribution in [0.5, 0.6) is 0 Å². The monoisotopic (exact) mass is 330 g/mol. The number of carboxylic acids is 1. The molecule has 114 valence electrons. The molecule has 0 aromatic carbocycles. The van der Waals surface area contributed by atoms with Gasteiger partial charge in [0.2, 0.25) is 0 Å². The minimum absolute atomic E-state index is 0.0267. The lowest BCUT2D eigenvalue weighted by molar-refractivity contribution is 0.0691. The number of rotatable bonds is 6. The Morgan fingerprint density at radius 3 is 2.81 bits per heavy atom. The van der Waals surface area contributed by atoms with Crippen molar-refractivity contribution in [3.63, 3.8) is 0 Å². The Labute approximate surface area is 125 Å². The molecule has 2 heterocycles. The first-order valence-electron chi connectivity index (χ1n) is 6.08. The Morgan fingerprint density at radius 1 is 1.57 bits per heavy atom. The Kier molecular flexibility index (Phi) is 4.40. The molecule has 0 saturated carbocycles. The van der Waals surface area contributed by atoms with Crippen molar-refractivity contribution < 1.29 is 18.3 Å². The third kappa shape index (κ3) is 3.46. The van der Waals surface area contributed by atoms with E-state index in [1.165, 1.54) is 11.6 Å². The summed E-state index contributed by atoms with van der Waals surface area (Å²) in [5, 5.41) is 10.5. The van der Waals surface area contributed by atoms with Crippen LogP contribution in [0.15, 0.2) is 16.6 Å². The molecule has 21 heavy (non-hydrogen) atoms. The standard InChI is InChI=1S/C11H14N4O4S2/c1-3-8-12-4-9(14-8)21(18,19)15-6(2)10-13-7(5-20-10)11(16)17/h4-6,15H,3H2,1-2H3,(H,12,14)(H,16,17). The molecule has 0 saturated heterocycles. The van der Waals surface area contributed by atoms with E-state index in [1.54, 1.807) is 6.92 Å². The predicted octanol–water partition coefficient (Wildman–Crippen LogP) is 1.17. The van der Waals surface area contributed by atoms with Crippen molar-refractivity contribution in [2.75, 3.05) is 0 Å². The molecule has 8 nitrogen and oxygen atoms in total. The van der Waals surface area contributed by atoms with Gasteiger partial charge in [0.1, 0.15) is 10.8 Å². The van der Waals surface area contributed by atoms with Gasteiger partial charge in [-0.3, -0.25) is 0 Å². The van der Waals surface area contributed by atoms with Crippen LogP contribution in [0, 0.1) is 0 Å². The second-order valence-electron chi connectivity index (χ2n) is 4.27. The van der Waals surface area contributed by atoms with E-state index in [0.29, 0.717) is 17.3 Å². The fourth-order valence-electron chi connectivity index (χ4n) is 1.59. The number of aromatic carboxylic acids is 1. The molecule has 0 spiro atoms. The number of carboxylic acid groups (broad SMARTS) is 1. The molecule has 1 atom stereocenters. The fourth-order valence-corrected chi connectivity index (χ4v) is 3.61. The van der Waals surface area contributed by atoms with E-state index in [1.807, 2.05) is 6.92 Å². The third-order valence-corrected chi connectivity index (χ3v) is 5.15. The van der Waals surface area contributed by atoms with Gasteiger partial charge in [0.15, 0.2) is 10.7 Å². The maximum atomic E-state index is 12.2. The highest BCUT2D eigenvalue weighted by Gasteiger charge is 2.23. The topological polar surface area (TPSA) is 125 Å². The minimum atomic E-state index is -3.76. The minimum Gasteiger partial charge on any atom is -0.476 e. The van der Waals surface area contributed by atoms with Crippen molar-refractivity contribution >= 4 is 27.3 Å². The molecule has 10 heteroatoms. The predicted molar refractivity (Wildman–Crippen MR) is 75.8 cm³/mol. The van der Waals surface area contributed by atoms with Gasteiger partial charge in [-0.2, -0.15) is 0 Å². The highest BCUT2D eigenvalue weighted by atomic mass is 32.2. The van der Waals surface area contributed by atoms with Crippen LogP contribution in [0.2, 0.25) is 0 Å². The van der Waals surface area contributed by atoms with Crippen LogP contribution in [-0.4, -0.2) is 34.4 Å². The molecule has 0 aliphatic rings. The number of nitrogens with one attached hydrogen (secondary N) is 2. The zero-order valence-corrected chi connectivity index (χ0v) is 13.0. The van der Waals surface area contributed by atoms with E-state index in [-0.39, 0.29) is 10.7 Å². The van der Waals surface area contributed by atoms with Crippen LogP contribution in [0.1, 0.15) is 41.2 Å². The summed E-state index contributed by atoms with van der Waals surface area (Å²) in [6.45, 7) is 3.45. The number of thiazole rings is 1. The number of aryl methyl sites for hydroxylation is 1. The van der Waals surface area contributed by atoms with Crippen molar-refractivity contribution in [1.29, 1.82) is 0 Å². The number of H-pyrrole nitrogens is 1. The summed E-state index contributed by atoms with van der Waals surface area (Å²) in [7, 11) is -3.76. The van der Waals surface area contributed by atoms with Gasteiger partial charge < -0.3 is 10.1 Å². The van der Waals surface area contributed by atoms with Gasteiger partial charge in [0, 0.05) is 11.8 Å². The first-order chi connectivity index (χ1) is 9.83. The molecule has 2 rings (SSSR count). The van der Waals surface area contributed by atoms with Crippen molar-refractivity contribution in [1.82, 2.24) is 19.7 Å². The first-order valence-corrected chi connectivity index (χ1v) is 8.44. The Bertz CT molecular complexity index is 750. The highest BCUT2D eigenvalue weighted by molar-refractivity contribution is 7.89. The first kappa shape index (κ1) is 15.6. The maximum absolute atomic E-state index is 12.2. The number of imidazole rings is 1. The number of aromatic nitrogens is 3. The van der Waals surface area contributed by atoms with E-state index >= 15 is 0 Å². The molecular formula is C11H14N4O4S2. The van der Waals surface area contributed by atoms with Gasteiger partial charge in [-0.1, -0.05) is 6.92 Å². The van der Waals surface area contributed by atoms with Crippen molar-refractivity contribution in [2.45, 2.75) is 31.3 Å². The molecule has 2 aromatic heterocycles. The van der Waals surface area contributed by atoms with Gasteiger partial charge >= 0.3 is 5.97 Å². The van der Waals surface area contributed by atoms with Crippen molar-refractivity contribution in [2.24, 2.45) is 0 Å². The largest absolute Gasteiger partial charge is 0.476 e.